The molecule has 0 aliphatic carbocycles. The van der Waals surface area contributed by atoms with Crippen LogP contribution >= 0.6 is 0 Å². The molecular weight excluding hydrogens is 266 g/mol. The van der Waals surface area contributed by atoms with Crippen molar-refractivity contribution in [1.82, 2.24) is 15.0 Å². The monoisotopic (exact) mass is 287 g/mol. The molecule has 1 fully saturated rings. The third-order valence-corrected chi connectivity index (χ3v) is 3.26. The van der Waals surface area contributed by atoms with Crippen LogP contribution in [0.4, 0.5) is 0 Å². The van der Waals surface area contributed by atoms with Gasteiger partial charge in [0.1, 0.15) is 18.3 Å². The van der Waals surface area contributed by atoms with Gasteiger partial charge in [-0.25, -0.2) is 0 Å². The summed E-state index contributed by atoms with van der Waals surface area (Å²) in [4.78, 5) is 0. The lowest BCUT2D eigenvalue weighted by Crippen LogP contribution is -2.34. The van der Waals surface area contributed by atoms with E-state index in [0.29, 0.717) is 6.61 Å². The average Bonchev–Trinajstić information content (AvgIpc) is 2.96. The minimum atomic E-state index is -1.12. The summed E-state index contributed by atoms with van der Waals surface area (Å²) in [6, 6.07) is 0. The molecule has 0 spiro atoms. The van der Waals surface area contributed by atoms with E-state index in [0.717, 1.165) is 25.0 Å². The van der Waals surface area contributed by atoms with Gasteiger partial charge in [0.2, 0.25) is 0 Å². The Labute approximate surface area is 116 Å². The summed E-state index contributed by atoms with van der Waals surface area (Å²) in [5.74, 6) is 0. The molecule has 114 valence electrons. The molecule has 1 aromatic heterocycles. The van der Waals surface area contributed by atoms with E-state index in [4.69, 9.17) is 14.6 Å². The SMILES string of the molecule is Cn1cc(CCCCO[C@@H]2O[C@H](CO)[C@@H](O)[C@H]2O)nn1. The molecular formula is C12H21N3O5. The lowest BCUT2D eigenvalue weighted by molar-refractivity contribution is -0.169. The highest BCUT2D eigenvalue weighted by atomic mass is 16.7. The second kappa shape index (κ2) is 7.09. The fourth-order valence-electron chi connectivity index (χ4n) is 2.12. The molecule has 1 aliphatic heterocycles. The number of nitrogens with zero attached hydrogens (tertiary/aromatic N) is 3. The maximum absolute atomic E-state index is 9.66. The molecule has 1 aromatic rings. The van der Waals surface area contributed by atoms with E-state index in [1.54, 1.807) is 4.68 Å². The summed E-state index contributed by atoms with van der Waals surface area (Å²) in [6.45, 7) is 0.0671. The number of aryl methyl sites for hydroxylation is 2. The van der Waals surface area contributed by atoms with Crippen LogP contribution in [-0.2, 0) is 22.9 Å². The van der Waals surface area contributed by atoms with Crippen LogP contribution in [0.15, 0.2) is 6.20 Å². The lowest BCUT2D eigenvalue weighted by Gasteiger charge is -2.15. The van der Waals surface area contributed by atoms with Gasteiger partial charge in [-0.3, -0.25) is 4.68 Å². The second-order valence-electron chi connectivity index (χ2n) is 4.92. The van der Waals surface area contributed by atoms with Gasteiger partial charge < -0.3 is 24.8 Å². The minimum absolute atomic E-state index is 0.342. The fourth-order valence-corrected chi connectivity index (χ4v) is 2.12. The molecule has 8 heteroatoms. The molecule has 0 amide bonds. The van der Waals surface area contributed by atoms with Crippen molar-refractivity contribution in [3.8, 4) is 0 Å². The summed E-state index contributed by atoms with van der Waals surface area (Å²) in [7, 11) is 1.82. The molecule has 20 heavy (non-hydrogen) atoms. The third-order valence-electron chi connectivity index (χ3n) is 3.26. The molecule has 0 unspecified atom stereocenters. The average molecular weight is 287 g/mol. The van der Waals surface area contributed by atoms with E-state index < -0.39 is 24.6 Å². The van der Waals surface area contributed by atoms with Crippen molar-refractivity contribution in [3.63, 3.8) is 0 Å². The number of aliphatic hydroxyl groups excluding tert-OH is 3. The third kappa shape index (κ3) is 3.74. The van der Waals surface area contributed by atoms with Crippen LogP contribution in [0.25, 0.3) is 0 Å². The first kappa shape index (κ1) is 15.3. The topological polar surface area (TPSA) is 110 Å². The quantitative estimate of drug-likeness (QED) is 0.529. The summed E-state index contributed by atoms with van der Waals surface area (Å²) in [5, 5.41) is 36.0. The van der Waals surface area contributed by atoms with Crippen molar-refractivity contribution in [1.29, 1.82) is 0 Å². The van der Waals surface area contributed by atoms with E-state index in [2.05, 4.69) is 10.3 Å². The Morgan fingerprint density at radius 2 is 2.15 bits per heavy atom. The smallest absolute Gasteiger partial charge is 0.186 e. The first-order valence-electron chi connectivity index (χ1n) is 6.71. The molecule has 1 aliphatic rings. The number of hydrogen-bond acceptors (Lipinski definition) is 7. The Hall–Kier alpha value is -1.06. The van der Waals surface area contributed by atoms with Gasteiger partial charge in [0.25, 0.3) is 0 Å². The maximum Gasteiger partial charge on any atom is 0.186 e. The Morgan fingerprint density at radius 3 is 2.75 bits per heavy atom. The molecule has 0 aromatic carbocycles. The summed E-state index contributed by atoms with van der Waals surface area (Å²) in [6.07, 6.45) is 0.460. The molecule has 0 radical (unpaired) electrons. The number of ether oxygens (including phenoxy) is 2. The van der Waals surface area contributed by atoms with Crippen LogP contribution in [0.3, 0.4) is 0 Å². The molecule has 3 N–H and O–H groups in total. The first-order chi connectivity index (χ1) is 9.61. The van der Waals surface area contributed by atoms with Crippen LogP contribution in [0.1, 0.15) is 18.5 Å². The Kier molecular flexibility index (Phi) is 5.44. The molecule has 8 nitrogen and oxygen atoms in total. The highest BCUT2D eigenvalue weighted by Crippen LogP contribution is 2.22. The standard InChI is InChI=1S/C12H21N3O5/c1-15-6-8(13-14-15)4-2-3-5-19-12-11(18)10(17)9(7-16)20-12/h6,9-12,16-18H,2-5,7H2,1H3/t9-,10-,11-,12-/m1/s1. The van der Waals surface area contributed by atoms with Crippen LogP contribution in [0, 0.1) is 0 Å². The first-order valence-corrected chi connectivity index (χ1v) is 6.71. The van der Waals surface area contributed by atoms with Gasteiger partial charge in [-0.1, -0.05) is 5.21 Å². The summed E-state index contributed by atoms with van der Waals surface area (Å²) in [5.41, 5.74) is 0.931. The zero-order chi connectivity index (χ0) is 14.5. The summed E-state index contributed by atoms with van der Waals surface area (Å²) >= 11 is 0. The zero-order valence-corrected chi connectivity index (χ0v) is 11.4. The van der Waals surface area contributed by atoms with Gasteiger partial charge in [-0.15, -0.1) is 5.10 Å². The van der Waals surface area contributed by atoms with E-state index in [1.165, 1.54) is 0 Å². The second-order valence-corrected chi connectivity index (χ2v) is 4.92. The molecule has 1 saturated heterocycles. The molecule has 4 atom stereocenters. The number of aliphatic hydroxyl groups is 3. The van der Waals surface area contributed by atoms with Gasteiger partial charge in [0, 0.05) is 19.9 Å². The van der Waals surface area contributed by atoms with Gasteiger partial charge in [0.15, 0.2) is 6.29 Å². The van der Waals surface area contributed by atoms with Crippen molar-refractivity contribution in [2.24, 2.45) is 7.05 Å². The lowest BCUT2D eigenvalue weighted by atomic mass is 10.1. The Morgan fingerprint density at radius 1 is 1.35 bits per heavy atom. The normalized spacial score (nSPS) is 30.0. The Balaban J connectivity index is 1.61. The van der Waals surface area contributed by atoms with Crippen LogP contribution in [0.2, 0.25) is 0 Å². The van der Waals surface area contributed by atoms with Gasteiger partial charge in [-0.05, 0) is 19.3 Å². The predicted molar refractivity (Wildman–Crippen MR) is 67.7 cm³/mol. The minimum Gasteiger partial charge on any atom is -0.394 e. The van der Waals surface area contributed by atoms with E-state index in [9.17, 15) is 10.2 Å². The number of aromatic nitrogens is 3. The molecule has 0 bridgehead atoms. The zero-order valence-electron chi connectivity index (χ0n) is 11.4. The number of rotatable bonds is 7. The van der Waals surface area contributed by atoms with Crippen molar-refractivity contribution in [3.05, 3.63) is 11.9 Å². The van der Waals surface area contributed by atoms with Crippen LogP contribution in [-0.4, -0.2) is 68.1 Å². The molecule has 0 saturated carbocycles. The van der Waals surface area contributed by atoms with Gasteiger partial charge in [-0.2, -0.15) is 0 Å². The maximum atomic E-state index is 9.66. The van der Waals surface area contributed by atoms with Crippen molar-refractivity contribution in [2.45, 2.75) is 43.9 Å². The van der Waals surface area contributed by atoms with E-state index in [1.807, 2.05) is 13.2 Å². The fraction of sp³-hybridized carbons (Fsp3) is 0.833. The highest BCUT2D eigenvalue weighted by molar-refractivity contribution is 4.91. The van der Waals surface area contributed by atoms with Gasteiger partial charge >= 0.3 is 0 Å². The van der Waals surface area contributed by atoms with Crippen LogP contribution in [0.5, 0.6) is 0 Å². The van der Waals surface area contributed by atoms with E-state index in [-0.39, 0.29) is 6.61 Å². The molecule has 2 heterocycles. The van der Waals surface area contributed by atoms with Crippen molar-refractivity contribution in [2.75, 3.05) is 13.2 Å². The van der Waals surface area contributed by atoms with E-state index >= 15 is 0 Å². The van der Waals surface area contributed by atoms with Crippen molar-refractivity contribution >= 4 is 0 Å². The molecule has 2 rings (SSSR count). The number of unbranched alkanes of at least 4 members (excludes halogenated alkanes) is 1. The summed E-state index contributed by atoms with van der Waals surface area (Å²) < 4.78 is 12.2. The van der Waals surface area contributed by atoms with Crippen molar-refractivity contribution < 1.29 is 24.8 Å². The highest BCUT2D eigenvalue weighted by Gasteiger charge is 2.42. The Bertz CT molecular complexity index is 414. The largest absolute Gasteiger partial charge is 0.394 e. The van der Waals surface area contributed by atoms with Crippen LogP contribution < -0.4 is 0 Å². The predicted octanol–water partition coefficient (Wildman–Crippen LogP) is -1.41. The number of hydrogen-bond donors (Lipinski definition) is 3. The van der Waals surface area contributed by atoms with Gasteiger partial charge in [0.05, 0.1) is 12.3 Å².